The second kappa shape index (κ2) is 23.0. The number of ether oxygens (including phenoxy) is 6. The lowest BCUT2D eigenvalue weighted by Crippen LogP contribution is -2.33. The van der Waals surface area contributed by atoms with E-state index >= 15 is 0 Å². The first kappa shape index (κ1) is 39.7. The lowest BCUT2D eigenvalue weighted by Gasteiger charge is -2.19. The van der Waals surface area contributed by atoms with Crippen molar-refractivity contribution in [3.8, 4) is 5.69 Å². The molecule has 1 heterocycles. The average Bonchev–Trinajstić information content (AvgIpc) is 3.54. The van der Waals surface area contributed by atoms with Crippen LogP contribution in [0.15, 0.2) is 36.9 Å². The van der Waals surface area contributed by atoms with Gasteiger partial charge in [-0.05, 0) is 56.7 Å². The van der Waals surface area contributed by atoms with Crippen LogP contribution in [-0.2, 0) is 38.0 Å². The van der Waals surface area contributed by atoms with Crippen molar-refractivity contribution in [2.24, 2.45) is 0 Å². The lowest BCUT2D eigenvalue weighted by atomic mass is 10.2. The van der Waals surface area contributed by atoms with Gasteiger partial charge in [-0.15, -0.1) is 15.0 Å². The van der Waals surface area contributed by atoms with E-state index in [0.717, 1.165) is 0 Å². The van der Waals surface area contributed by atoms with Gasteiger partial charge in [0.2, 0.25) is 5.91 Å². The van der Waals surface area contributed by atoms with Gasteiger partial charge < -0.3 is 44.4 Å². The summed E-state index contributed by atoms with van der Waals surface area (Å²) in [6.45, 7) is 12.3. The van der Waals surface area contributed by atoms with Gasteiger partial charge in [0.1, 0.15) is 12.2 Å². The fraction of sp³-hybridized carbons (Fsp3) is 0.581. The molecule has 0 unspecified atom stereocenters. The first-order valence-corrected chi connectivity index (χ1v) is 15.6. The number of esters is 1. The zero-order valence-corrected chi connectivity index (χ0v) is 27.9. The number of alkyl carbamates (subject to hydrolysis) is 1. The molecule has 0 aliphatic rings. The molecular formula is C31H47N7O10. The van der Waals surface area contributed by atoms with E-state index in [-0.39, 0.29) is 56.9 Å². The van der Waals surface area contributed by atoms with E-state index in [1.165, 1.54) is 10.9 Å². The van der Waals surface area contributed by atoms with E-state index in [9.17, 15) is 19.2 Å². The number of carbonyl (C=O) groups excluding carboxylic acids is 4. The highest BCUT2D eigenvalue weighted by Crippen LogP contribution is 2.12. The predicted molar refractivity (Wildman–Crippen MR) is 173 cm³/mol. The molecule has 1 aromatic heterocycles. The Hall–Kier alpha value is -4.45. The molecule has 17 nitrogen and oxygen atoms in total. The molecule has 0 saturated carbocycles. The number of nitrogens with one attached hydrogen (secondary N) is 3. The van der Waals surface area contributed by atoms with Crippen molar-refractivity contribution in [2.45, 2.75) is 45.6 Å². The standard InChI is InChI=1S/C31H47N7O10/c1-5-15-47-27(40)12-16-43-18-20-45-22-23-46-21-19-44-17-14-32-29(41)28-35-37-38(36-28)25-10-8-24(9-11-25)34-26(39)7-6-13-33-30(42)48-31(2,3)4/h5,8-11H,1,6-7,12-23H2,2-4H3,(H,32,41)(H,33,42)(H,34,39). The van der Waals surface area contributed by atoms with Crippen molar-refractivity contribution in [3.63, 3.8) is 0 Å². The molecule has 1 aromatic carbocycles. The highest BCUT2D eigenvalue weighted by molar-refractivity contribution is 5.91. The van der Waals surface area contributed by atoms with Crippen LogP contribution in [0.1, 0.15) is 50.7 Å². The molecule has 3 amide bonds. The van der Waals surface area contributed by atoms with Gasteiger partial charge in [-0.1, -0.05) is 12.7 Å². The normalized spacial score (nSPS) is 11.1. The Balaban J connectivity index is 1.50. The zero-order chi connectivity index (χ0) is 35.0. The van der Waals surface area contributed by atoms with Crippen LogP contribution in [-0.4, -0.2) is 122 Å². The Kier molecular flexibility index (Phi) is 19.0. The second-order valence-electron chi connectivity index (χ2n) is 11.0. The van der Waals surface area contributed by atoms with Crippen LogP contribution in [0.25, 0.3) is 5.69 Å². The van der Waals surface area contributed by atoms with E-state index in [1.54, 1.807) is 45.0 Å². The molecule has 0 fully saturated rings. The maximum absolute atomic E-state index is 12.4. The SMILES string of the molecule is C=CCOC(=O)CCOCCOCCOCCOCCNC(=O)c1nnn(-c2ccc(NC(=O)CCCNC(=O)OC(C)(C)C)cc2)n1. The molecule has 0 bridgehead atoms. The summed E-state index contributed by atoms with van der Waals surface area (Å²) in [6, 6.07) is 6.70. The highest BCUT2D eigenvalue weighted by Gasteiger charge is 2.16. The summed E-state index contributed by atoms with van der Waals surface area (Å²) in [7, 11) is 0. The molecule has 0 spiro atoms. The Morgan fingerprint density at radius 1 is 0.833 bits per heavy atom. The van der Waals surface area contributed by atoms with Gasteiger partial charge in [-0.3, -0.25) is 14.4 Å². The third kappa shape index (κ3) is 18.6. The number of hydrogen-bond acceptors (Lipinski definition) is 13. The fourth-order valence-electron chi connectivity index (χ4n) is 3.53. The van der Waals surface area contributed by atoms with Crippen molar-refractivity contribution in [1.82, 2.24) is 30.8 Å². The Bertz CT molecular complexity index is 1270. The van der Waals surface area contributed by atoms with Gasteiger partial charge in [0.05, 0.1) is 65.0 Å². The zero-order valence-electron chi connectivity index (χ0n) is 27.9. The lowest BCUT2D eigenvalue weighted by molar-refractivity contribution is -0.143. The van der Waals surface area contributed by atoms with Gasteiger partial charge in [-0.25, -0.2) is 4.79 Å². The smallest absolute Gasteiger partial charge is 0.407 e. The molecular weight excluding hydrogens is 630 g/mol. The molecule has 266 valence electrons. The topological polar surface area (TPSA) is 203 Å². The number of rotatable bonds is 24. The largest absolute Gasteiger partial charge is 0.461 e. The van der Waals surface area contributed by atoms with Crippen LogP contribution in [0.4, 0.5) is 10.5 Å². The van der Waals surface area contributed by atoms with E-state index in [0.29, 0.717) is 64.0 Å². The highest BCUT2D eigenvalue weighted by atomic mass is 16.6. The Labute approximate surface area is 280 Å². The molecule has 0 aliphatic heterocycles. The van der Waals surface area contributed by atoms with Gasteiger partial charge in [-0.2, -0.15) is 0 Å². The third-order valence-corrected chi connectivity index (χ3v) is 5.71. The third-order valence-electron chi connectivity index (χ3n) is 5.71. The van der Waals surface area contributed by atoms with Crippen LogP contribution in [0.2, 0.25) is 0 Å². The summed E-state index contributed by atoms with van der Waals surface area (Å²) < 4.78 is 31.5. The Morgan fingerprint density at radius 3 is 2.08 bits per heavy atom. The predicted octanol–water partition coefficient (Wildman–Crippen LogP) is 1.82. The number of nitrogens with zero attached hydrogens (tertiary/aromatic N) is 4. The number of carbonyl (C=O) groups is 4. The number of amides is 3. The molecule has 0 saturated heterocycles. The summed E-state index contributed by atoms with van der Waals surface area (Å²) >= 11 is 0. The first-order valence-electron chi connectivity index (χ1n) is 15.6. The number of tetrazole rings is 1. The minimum atomic E-state index is -0.582. The van der Waals surface area contributed by atoms with Crippen LogP contribution < -0.4 is 16.0 Å². The van der Waals surface area contributed by atoms with Gasteiger partial charge in [0.25, 0.3) is 11.7 Å². The van der Waals surface area contributed by atoms with E-state index in [2.05, 4.69) is 37.9 Å². The molecule has 0 radical (unpaired) electrons. The molecule has 2 rings (SSSR count). The first-order chi connectivity index (χ1) is 23.1. The summed E-state index contributed by atoms with van der Waals surface area (Å²) in [6.07, 6.45) is 1.83. The summed E-state index contributed by atoms with van der Waals surface area (Å²) in [5, 5.41) is 19.9. The van der Waals surface area contributed by atoms with Crippen LogP contribution >= 0.6 is 0 Å². The molecule has 3 N–H and O–H groups in total. The minimum Gasteiger partial charge on any atom is -0.461 e. The van der Waals surface area contributed by atoms with E-state index in [1.807, 2.05) is 0 Å². The Morgan fingerprint density at radius 2 is 1.46 bits per heavy atom. The number of benzene rings is 1. The summed E-state index contributed by atoms with van der Waals surface area (Å²) in [4.78, 5) is 48.7. The number of anilines is 1. The summed E-state index contributed by atoms with van der Waals surface area (Å²) in [5.74, 6) is -1.14. The maximum Gasteiger partial charge on any atom is 0.407 e. The average molecular weight is 678 g/mol. The maximum atomic E-state index is 12.4. The quantitative estimate of drug-likeness (QED) is 0.0825. The van der Waals surface area contributed by atoms with Crippen molar-refractivity contribution in [2.75, 3.05) is 77.9 Å². The molecule has 0 atom stereocenters. The number of hydrogen-bond donors (Lipinski definition) is 3. The fourth-order valence-corrected chi connectivity index (χ4v) is 3.53. The van der Waals surface area contributed by atoms with Crippen molar-refractivity contribution in [3.05, 3.63) is 42.7 Å². The second-order valence-corrected chi connectivity index (χ2v) is 11.0. The molecule has 48 heavy (non-hydrogen) atoms. The van der Waals surface area contributed by atoms with Crippen molar-refractivity contribution >= 4 is 29.6 Å². The van der Waals surface area contributed by atoms with Gasteiger partial charge >= 0.3 is 12.1 Å². The molecule has 2 aromatic rings. The van der Waals surface area contributed by atoms with E-state index < -0.39 is 17.6 Å². The summed E-state index contributed by atoms with van der Waals surface area (Å²) in [5.41, 5.74) is 0.530. The van der Waals surface area contributed by atoms with Crippen LogP contribution in [0.5, 0.6) is 0 Å². The molecule has 0 aliphatic carbocycles. The van der Waals surface area contributed by atoms with Crippen LogP contribution in [0, 0.1) is 0 Å². The molecule has 17 heteroatoms. The van der Waals surface area contributed by atoms with Crippen molar-refractivity contribution in [1.29, 1.82) is 0 Å². The van der Waals surface area contributed by atoms with Gasteiger partial charge in [0, 0.05) is 25.2 Å². The van der Waals surface area contributed by atoms with E-state index in [4.69, 9.17) is 28.4 Å². The monoisotopic (exact) mass is 677 g/mol. The van der Waals surface area contributed by atoms with Crippen molar-refractivity contribution < 1.29 is 47.6 Å². The van der Waals surface area contributed by atoms with Crippen LogP contribution in [0.3, 0.4) is 0 Å². The van der Waals surface area contributed by atoms with Gasteiger partial charge in [0.15, 0.2) is 0 Å². The number of aromatic nitrogens is 4. The minimum absolute atomic E-state index is 0.105.